The quantitative estimate of drug-likeness (QED) is 0.549. The Balaban J connectivity index is 2.66. The van der Waals surface area contributed by atoms with Crippen LogP contribution in [0.15, 0.2) is 52.5 Å². The third kappa shape index (κ3) is 7.84. The average molecular weight is 335 g/mol. The molecule has 23 heavy (non-hydrogen) atoms. The molecule has 3 nitrogen and oxygen atoms in total. The van der Waals surface area contributed by atoms with Crippen LogP contribution in [-0.2, 0) is 11.4 Å². The van der Waals surface area contributed by atoms with E-state index in [9.17, 15) is 4.55 Å². The second kappa shape index (κ2) is 10.7. The number of nitrogens with two attached hydrogens (primary N) is 1. The van der Waals surface area contributed by atoms with Crippen LogP contribution in [0.1, 0.15) is 39.2 Å². The molecule has 0 saturated carbocycles. The van der Waals surface area contributed by atoms with Crippen molar-refractivity contribution in [2.45, 2.75) is 45.4 Å². The molecule has 2 N–H and O–H groups in total. The Morgan fingerprint density at radius 1 is 1.17 bits per heavy atom. The molecular weight excluding hydrogens is 304 g/mol. The van der Waals surface area contributed by atoms with Gasteiger partial charge in [0.25, 0.3) is 0 Å². The summed E-state index contributed by atoms with van der Waals surface area (Å²) < 4.78 is 14.6. The summed E-state index contributed by atoms with van der Waals surface area (Å²) in [6.07, 6.45) is 6.52. The lowest BCUT2D eigenvalue weighted by Gasteiger charge is -2.22. The maximum atomic E-state index is 12.7. The van der Waals surface area contributed by atoms with E-state index in [0.717, 1.165) is 17.7 Å². The van der Waals surface area contributed by atoms with Crippen molar-refractivity contribution in [2.75, 3.05) is 19.6 Å². The number of hydrogen-bond donors (Lipinski definition) is 1. The molecule has 1 rings (SSSR count). The first-order valence-corrected chi connectivity index (χ1v) is 9.27. The molecule has 0 aliphatic carbocycles. The van der Waals surface area contributed by atoms with Crippen molar-refractivity contribution in [1.29, 1.82) is 0 Å². The highest BCUT2D eigenvalue weighted by molar-refractivity contribution is 7.89. The van der Waals surface area contributed by atoms with Crippen LogP contribution >= 0.6 is 0 Å². The summed E-state index contributed by atoms with van der Waals surface area (Å²) in [5, 5.41) is 0. The smallest absolute Gasteiger partial charge is 0.174 e. The van der Waals surface area contributed by atoms with Crippen LogP contribution in [-0.4, -0.2) is 28.5 Å². The van der Waals surface area contributed by atoms with Gasteiger partial charge in [-0.15, -0.1) is 4.31 Å². The van der Waals surface area contributed by atoms with Crippen molar-refractivity contribution < 1.29 is 4.55 Å². The highest BCUT2D eigenvalue weighted by atomic mass is 32.2. The Bertz CT molecular complexity index is 519. The molecule has 4 heteroatoms. The molecule has 1 aromatic carbocycles. The van der Waals surface area contributed by atoms with Gasteiger partial charge in [-0.2, -0.15) is 0 Å². The van der Waals surface area contributed by atoms with Crippen molar-refractivity contribution in [3.8, 4) is 0 Å². The predicted molar refractivity (Wildman–Crippen MR) is 101 cm³/mol. The second-order valence-electron chi connectivity index (χ2n) is 6.11. The molecule has 0 bridgehead atoms. The van der Waals surface area contributed by atoms with Gasteiger partial charge in [0.05, 0.1) is 24.5 Å². The maximum Gasteiger partial charge on any atom is 0.174 e. The molecule has 0 aliphatic heterocycles. The van der Waals surface area contributed by atoms with Crippen LogP contribution < -0.4 is 5.73 Å². The SMILES string of the molecule is CC(C)=CCC/C(C)=C/CN(CCN)[S+]([O-])c1ccc(C)cc1. The van der Waals surface area contributed by atoms with E-state index in [0.29, 0.717) is 19.6 Å². The predicted octanol–water partition coefficient (Wildman–Crippen LogP) is 3.97. The Kier molecular flexibility index (Phi) is 9.26. The number of aryl methyl sites for hydroxylation is 1. The monoisotopic (exact) mass is 334 g/mol. The summed E-state index contributed by atoms with van der Waals surface area (Å²) >= 11 is -1.16. The van der Waals surface area contributed by atoms with Gasteiger partial charge < -0.3 is 10.3 Å². The van der Waals surface area contributed by atoms with E-state index >= 15 is 0 Å². The third-order valence-electron chi connectivity index (χ3n) is 3.57. The minimum atomic E-state index is -1.16. The summed E-state index contributed by atoms with van der Waals surface area (Å²) in [6, 6.07) is 7.85. The molecule has 1 atom stereocenters. The van der Waals surface area contributed by atoms with Gasteiger partial charge in [-0.25, -0.2) is 0 Å². The topological polar surface area (TPSA) is 52.3 Å². The zero-order valence-electron chi connectivity index (χ0n) is 14.8. The zero-order valence-corrected chi connectivity index (χ0v) is 15.7. The molecule has 0 spiro atoms. The molecule has 0 radical (unpaired) electrons. The Labute approximate surface area is 144 Å². The van der Waals surface area contributed by atoms with Crippen LogP contribution in [0.2, 0.25) is 0 Å². The first-order chi connectivity index (χ1) is 10.9. The summed E-state index contributed by atoms with van der Waals surface area (Å²) in [5.74, 6) is 0. The van der Waals surface area contributed by atoms with E-state index in [1.54, 1.807) is 0 Å². The van der Waals surface area contributed by atoms with E-state index in [1.807, 2.05) is 35.5 Å². The fourth-order valence-electron chi connectivity index (χ4n) is 2.14. The van der Waals surface area contributed by atoms with E-state index in [2.05, 4.69) is 32.9 Å². The van der Waals surface area contributed by atoms with E-state index in [4.69, 9.17) is 5.73 Å². The average Bonchev–Trinajstić information content (AvgIpc) is 2.51. The van der Waals surface area contributed by atoms with Crippen molar-refractivity contribution in [3.63, 3.8) is 0 Å². The summed E-state index contributed by atoms with van der Waals surface area (Å²) in [4.78, 5) is 0.833. The van der Waals surface area contributed by atoms with Gasteiger partial charge in [-0.1, -0.05) is 41.0 Å². The number of hydrogen-bond acceptors (Lipinski definition) is 3. The van der Waals surface area contributed by atoms with Crippen LogP contribution in [0, 0.1) is 6.92 Å². The first-order valence-electron chi connectivity index (χ1n) is 8.16. The van der Waals surface area contributed by atoms with Gasteiger partial charge in [0, 0.05) is 6.54 Å². The lowest BCUT2D eigenvalue weighted by atomic mass is 10.1. The maximum absolute atomic E-state index is 12.7. The number of allylic oxidation sites excluding steroid dienone is 3. The molecule has 1 unspecified atom stereocenters. The van der Waals surface area contributed by atoms with Crippen LogP contribution in [0.5, 0.6) is 0 Å². The highest BCUT2D eigenvalue weighted by Gasteiger charge is 2.20. The molecule has 128 valence electrons. The molecule has 0 fully saturated rings. The fourth-order valence-corrected chi connectivity index (χ4v) is 3.29. The second-order valence-corrected chi connectivity index (χ2v) is 7.60. The lowest BCUT2D eigenvalue weighted by Crippen LogP contribution is -2.35. The fraction of sp³-hybridized carbons (Fsp3) is 0.474. The van der Waals surface area contributed by atoms with Gasteiger partial charge in [0.2, 0.25) is 0 Å². The molecule has 1 aromatic rings. The van der Waals surface area contributed by atoms with Crippen molar-refractivity contribution in [3.05, 3.63) is 53.1 Å². The van der Waals surface area contributed by atoms with Gasteiger partial charge in [0.15, 0.2) is 4.90 Å². The van der Waals surface area contributed by atoms with Gasteiger partial charge in [0.1, 0.15) is 0 Å². The Morgan fingerprint density at radius 2 is 1.83 bits per heavy atom. The van der Waals surface area contributed by atoms with Crippen molar-refractivity contribution in [1.82, 2.24) is 4.31 Å². The molecule has 0 aliphatic rings. The number of nitrogens with zero attached hydrogens (tertiary/aromatic N) is 1. The van der Waals surface area contributed by atoms with Crippen LogP contribution in [0.3, 0.4) is 0 Å². The van der Waals surface area contributed by atoms with Gasteiger partial charge in [-0.05, 0) is 52.7 Å². The standard InChI is InChI=1S/C19H30N2OS/c1-16(2)6-5-7-17(3)12-14-21(15-13-20)23(22)19-10-8-18(4)9-11-19/h6,8-12H,5,7,13-15,20H2,1-4H3/b17-12+. The van der Waals surface area contributed by atoms with Crippen LogP contribution in [0.4, 0.5) is 0 Å². The van der Waals surface area contributed by atoms with Gasteiger partial charge >= 0.3 is 0 Å². The summed E-state index contributed by atoms with van der Waals surface area (Å²) in [5.41, 5.74) is 9.53. The van der Waals surface area contributed by atoms with Crippen LogP contribution in [0.25, 0.3) is 0 Å². The molecule has 0 aromatic heterocycles. The molecule has 0 heterocycles. The minimum Gasteiger partial charge on any atom is -0.593 e. The van der Waals surface area contributed by atoms with E-state index in [1.165, 1.54) is 16.7 Å². The number of rotatable bonds is 9. The highest BCUT2D eigenvalue weighted by Crippen LogP contribution is 2.17. The molecule has 0 amide bonds. The van der Waals surface area contributed by atoms with Crippen molar-refractivity contribution in [2.24, 2.45) is 5.73 Å². The summed E-state index contributed by atoms with van der Waals surface area (Å²) in [7, 11) is 0. The number of benzene rings is 1. The molecular formula is C19H30N2OS. The Hall–Kier alpha value is -1.07. The lowest BCUT2D eigenvalue weighted by molar-refractivity contribution is 0.448. The largest absolute Gasteiger partial charge is 0.593 e. The first kappa shape index (κ1) is 20.0. The van der Waals surface area contributed by atoms with E-state index < -0.39 is 11.4 Å². The van der Waals surface area contributed by atoms with Crippen molar-refractivity contribution >= 4 is 11.4 Å². The third-order valence-corrected chi connectivity index (χ3v) is 5.05. The Morgan fingerprint density at radius 3 is 2.39 bits per heavy atom. The minimum absolute atomic E-state index is 0.502. The normalized spacial score (nSPS) is 13.3. The molecule has 0 saturated heterocycles. The van der Waals surface area contributed by atoms with Gasteiger partial charge in [-0.3, -0.25) is 0 Å². The summed E-state index contributed by atoms with van der Waals surface area (Å²) in [6.45, 7) is 10.2. The zero-order chi connectivity index (χ0) is 17.2. The van der Waals surface area contributed by atoms with E-state index in [-0.39, 0.29) is 0 Å².